The molecule has 2 aliphatic carbocycles. The lowest BCUT2D eigenvalue weighted by molar-refractivity contribution is -0.144. The highest BCUT2D eigenvalue weighted by Gasteiger charge is 2.39. The Morgan fingerprint density at radius 2 is 0.722 bits per heavy atom. The molecule has 0 aliphatic heterocycles. The number of aryl methyl sites for hydroxylation is 2. The van der Waals surface area contributed by atoms with Crippen molar-refractivity contribution in [2.24, 2.45) is 0 Å². The first-order valence-electron chi connectivity index (χ1n) is 17.2. The number of halogens is 12. The second-order valence-corrected chi connectivity index (χ2v) is 13.8. The van der Waals surface area contributed by atoms with Crippen molar-refractivity contribution >= 4 is 0 Å². The van der Waals surface area contributed by atoms with Crippen molar-refractivity contribution in [3.63, 3.8) is 0 Å². The van der Waals surface area contributed by atoms with E-state index < -0.39 is 47.0 Å². The highest BCUT2D eigenvalue weighted by molar-refractivity contribution is 5.86. The Morgan fingerprint density at radius 3 is 1.00 bits per heavy atom. The van der Waals surface area contributed by atoms with Gasteiger partial charge in [-0.05, 0) is 132 Å². The van der Waals surface area contributed by atoms with Gasteiger partial charge in [-0.15, -0.1) is 0 Å². The van der Waals surface area contributed by atoms with E-state index >= 15 is 0 Å². The number of alkyl halides is 12. The summed E-state index contributed by atoms with van der Waals surface area (Å²) in [5.41, 5.74) is -1.48. The van der Waals surface area contributed by atoms with E-state index in [2.05, 4.69) is 0 Å². The van der Waals surface area contributed by atoms with Crippen LogP contribution in [-0.4, -0.2) is 14.2 Å². The monoisotopic (exact) mass is 774 g/mol. The smallest absolute Gasteiger partial charge is 0.416 e. The van der Waals surface area contributed by atoms with Gasteiger partial charge in [0.15, 0.2) is 0 Å². The van der Waals surface area contributed by atoms with Crippen LogP contribution in [0.3, 0.4) is 0 Å². The van der Waals surface area contributed by atoms with Crippen LogP contribution < -0.4 is 9.47 Å². The Labute approximate surface area is 303 Å². The lowest BCUT2D eigenvalue weighted by atomic mass is 9.77. The Hall–Kier alpha value is -4.36. The normalized spacial score (nSPS) is 15.1. The molecule has 2 aliphatic rings. The quantitative estimate of drug-likeness (QED) is 0.174. The van der Waals surface area contributed by atoms with Crippen LogP contribution in [0.1, 0.15) is 92.4 Å². The summed E-state index contributed by atoms with van der Waals surface area (Å²) in [6, 6.07) is 6.25. The van der Waals surface area contributed by atoms with Gasteiger partial charge in [0.1, 0.15) is 11.5 Å². The van der Waals surface area contributed by atoms with Gasteiger partial charge in [0.25, 0.3) is 0 Å². The average molecular weight is 775 g/mol. The molecule has 0 heterocycles. The lowest BCUT2D eigenvalue weighted by Gasteiger charge is -2.30. The summed E-state index contributed by atoms with van der Waals surface area (Å²) in [5, 5.41) is 0. The van der Waals surface area contributed by atoms with Gasteiger partial charge in [-0.3, -0.25) is 0 Å². The maximum atomic E-state index is 13.8. The minimum Gasteiger partial charge on any atom is -0.496 e. The highest BCUT2D eigenvalue weighted by atomic mass is 19.4. The molecular formula is C40H34F12O2. The van der Waals surface area contributed by atoms with E-state index in [1.54, 1.807) is 12.1 Å². The molecule has 14 heteroatoms. The summed E-state index contributed by atoms with van der Waals surface area (Å²) in [6.45, 7) is 0. The summed E-state index contributed by atoms with van der Waals surface area (Å²) in [6.07, 6.45) is -15.8. The van der Waals surface area contributed by atoms with Crippen molar-refractivity contribution in [1.82, 2.24) is 0 Å². The van der Waals surface area contributed by atoms with E-state index in [0.29, 0.717) is 72.2 Å². The predicted octanol–water partition coefficient (Wildman–Crippen LogP) is 12.4. The topological polar surface area (TPSA) is 18.5 Å². The van der Waals surface area contributed by atoms with Crippen molar-refractivity contribution in [2.45, 2.75) is 88.9 Å². The largest absolute Gasteiger partial charge is 0.496 e. The second-order valence-electron chi connectivity index (χ2n) is 13.8. The van der Waals surface area contributed by atoms with Crippen LogP contribution in [-0.2, 0) is 63.2 Å². The van der Waals surface area contributed by atoms with Crippen LogP contribution in [0.25, 0.3) is 11.1 Å². The molecule has 0 saturated carbocycles. The van der Waals surface area contributed by atoms with Crippen molar-refractivity contribution < 1.29 is 62.2 Å². The molecule has 6 rings (SSSR count). The zero-order chi connectivity index (χ0) is 39.4. The van der Waals surface area contributed by atoms with Crippen molar-refractivity contribution in [1.29, 1.82) is 0 Å². The van der Waals surface area contributed by atoms with Crippen LogP contribution >= 0.6 is 0 Å². The average Bonchev–Trinajstić information content (AvgIpc) is 3.08. The van der Waals surface area contributed by atoms with Gasteiger partial charge in [0.05, 0.1) is 36.5 Å². The molecule has 0 unspecified atom stereocenters. The molecule has 0 N–H and O–H groups in total. The number of fused-ring (bicyclic) bond motifs is 2. The summed E-state index contributed by atoms with van der Waals surface area (Å²) in [7, 11) is 2.66. The van der Waals surface area contributed by atoms with Gasteiger partial charge in [-0.25, -0.2) is 0 Å². The number of methoxy groups -OCH3 is 2. The molecule has 0 amide bonds. The first-order valence-corrected chi connectivity index (χ1v) is 17.2. The summed E-state index contributed by atoms with van der Waals surface area (Å²) >= 11 is 0. The van der Waals surface area contributed by atoms with Gasteiger partial charge >= 0.3 is 24.7 Å². The first-order chi connectivity index (χ1) is 25.2. The number of rotatable bonds is 7. The van der Waals surface area contributed by atoms with Crippen LogP contribution in [0.4, 0.5) is 52.7 Å². The fourth-order valence-electron chi connectivity index (χ4n) is 7.83. The number of hydrogen-bond acceptors (Lipinski definition) is 2. The number of ether oxygens (including phenoxy) is 2. The fourth-order valence-corrected chi connectivity index (χ4v) is 7.83. The molecule has 290 valence electrons. The van der Waals surface area contributed by atoms with Crippen LogP contribution in [0.5, 0.6) is 11.5 Å². The standard InChI is InChI=1S/C40H34F12O2/c1-53-35-25(11-21-13-27(37(41,42)43)19-28(14-21)38(44,45)46)17-23-7-3-5-9-31(23)33(35)34-32-10-6-4-8-24(32)18-26(36(34)54-2)12-22-15-29(39(47,48)49)20-30(16-22)40(50,51)52/h13-20H,3-12H2,1-2H3. The molecule has 0 atom stereocenters. The molecule has 0 saturated heterocycles. The van der Waals surface area contributed by atoms with Gasteiger partial charge < -0.3 is 9.47 Å². The molecule has 0 bridgehead atoms. The minimum atomic E-state index is -5.06. The Bertz CT molecular complexity index is 1840. The van der Waals surface area contributed by atoms with E-state index in [1.165, 1.54) is 14.2 Å². The molecule has 2 nitrogen and oxygen atoms in total. The molecular weight excluding hydrogens is 740 g/mol. The van der Waals surface area contributed by atoms with Crippen molar-refractivity contribution in [3.05, 3.63) is 115 Å². The summed E-state index contributed by atoms with van der Waals surface area (Å²) in [5.74, 6) is 0.367. The fraction of sp³-hybridized carbons (Fsp3) is 0.400. The molecule has 0 spiro atoms. The van der Waals surface area contributed by atoms with Gasteiger partial charge in [-0.1, -0.05) is 12.1 Å². The van der Waals surface area contributed by atoms with E-state index in [0.717, 1.165) is 47.9 Å². The SMILES string of the molecule is COc1c(Cc2cc(C(F)(F)F)cc(C(F)(F)F)c2)cc2c(c1-c1c3c(cc(Cc4cc(C(F)(F)F)cc(C(F)(F)F)c4)c1OC)CCCC3)CCCC2. The maximum Gasteiger partial charge on any atom is 0.416 e. The zero-order valence-corrected chi connectivity index (χ0v) is 29.0. The second kappa shape index (κ2) is 14.4. The van der Waals surface area contributed by atoms with Crippen molar-refractivity contribution in [2.75, 3.05) is 14.2 Å². The Kier molecular flexibility index (Phi) is 10.5. The van der Waals surface area contributed by atoms with Gasteiger partial charge in [0, 0.05) is 24.0 Å². The third-order valence-corrected chi connectivity index (χ3v) is 10.1. The Balaban J connectivity index is 1.60. The van der Waals surface area contributed by atoms with E-state index in [-0.39, 0.29) is 47.6 Å². The number of benzene rings is 4. The molecule has 0 fully saturated rings. The van der Waals surface area contributed by atoms with Crippen LogP contribution in [0, 0.1) is 0 Å². The maximum absolute atomic E-state index is 13.8. The van der Waals surface area contributed by atoms with Crippen LogP contribution in [0.15, 0.2) is 48.5 Å². The van der Waals surface area contributed by atoms with E-state index in [1.807, 2.05) is 0 Å². The third-order valence-electron chi connectivity index (χ3n) is 10.1. The van der Waals surface area contributed by atoms with Gasteiger partial charge in [-0.2, -0.15) is 52.7 Å². The van der Waals surface area contributed by atoms with Crippen molar-refractivity contribution in [3.8, 4) is 22.6 Å². The Morgan fingerprint density at radius 1 is 0.426 bits per heavy atom. The molecule has 4 aromatic carbocycles. The predicted molar refractivity (Wildman–Crippen MR) is 177 cm³/mol. The molecule has 54 heavy (non-hydrogen) atoms. The van der Waals surface area contributed by atoms with Gasteiger partial charge in [0.2, 0.25) is 0 Å². The van der Waals surface area contributed by atoms with E-state index in [4.69, 9.17) is 9.47 Å². The minimum absolute atomic E-state index is 0.0593. The number of hydrogen-bond donors (Lipinski definition) is 0. The highest BCUT2D eigenvalue weighted by Crippen LogP contribution is 2.51. The zero-order valence-electron chi connectivity index (χ0n) is 29.0. The van der Waals surface area contributed by atoms with Crippen LogP contribution in [0.2, 0.25) is 0 Å². The molecule has 0 radical (unpaired) electrons. The third kappa shape index (κ3) is 8.02. The summed E-state index contributed by atoms with van der Waals surface area (Å²) < 4.78 is 178. The first kappa shape index (κ1) is 39.3. The lowest BCUT2D eigenvalue weighted by Crippen LogP contribution is -2.14. The molecule has 0 aromatic heterocycles. The molecule has 4 aromatic rings. The summed E-state index contributed by atoms with van der Waals surface area (Å²) in [4.78, 5) is 0. The van der Waals surface area contributed by atoms with E-state index in [9.17, 15) is 52.7 Å².